The summed E-state index contributed by atoms with van der Waals surface area (Å²) in [4.78, 5) is 18.0. The van der Waals surface area contributed by atoms with Gasteiger partial charge < -0.3 is 10.1 Å². The molecule has 0 spiro atoms. The predicted octanol–water partition coefficient (Wildman–Crippen LogP) is 3.07. The zero-order valence-corrected chi connectivity index (χ0v) is 9.72. The highest BCUT2D eigenvalue weighted by molar-refractivity contribution is 5.96. The lowest BCUT2D eigenvalue weighted by molar-refractivity contribution is 0.0697. The Bertz CT molecular complexity index is 780. The molecule has 2 aromatic heterocycles. The van der Waals surface area contributed by atoms with Gasteiger partial charge in [-0.1, -0.05) is 6.07 Å². The zero-order chi connectivity index (χ0) is 13.4. The first-order chi connectivity index (χ1) is 9.16. The summed E-state index contributed by atoms with van der Waals surface area (Å²) in [5.41, 5.74) is 1.75. The van der Waals surface area contributed by atoms with Crippen molar-refractivity contribution in [2.75, 3.05) is 0 Å². The van der Waals surface area contributed by atoms with E-state index < -0.39 is 5.97 Å². The number of halogens is 1. The fourth-order valence-corrected chi connectivity index (χ4v) is 2.05. The summed E-state index contributed by atoms with van der Waals surface area (Å²) in [7, 11) is 0. The molecule has 19 heavy (non-hydrogen) atoms. The molecule has 0 saturated carbocycles. The van der Waals surface area contributed by atoms with Crippen molar-refractivity contribution in [1.82, 2.24) is 9.97 Å². The van der Waals surface area contributed by atoms with Crippen LogP contribution in [0.15, 0.2) is 42.7 Å². The molecule has 3 aromatic rings. The topological polar surface area (TPSA) is 66.0 Å². The predicted molar refractivity (Wildman–Crippen MR) is 68.4 cm³/mol. The van der Waals surface area contributed by atoms with E-state index in [0.717, 1.165) is 0 Å². The van der Waals surface area contributed by atoms with Gasteiger partial charge in [0.15, 0.2) is 0 Å². The van der Waals surface area contributed by atoms with Crippen LogP contribution in [0.3, 0.4) is 0 Å². The standard InChI is InChI=1S/C14H9FN2O2/c15-10-2-1-3-11-13(10)9(7-17-11)12-6-8(14(18)19)4-5-16-12/h1-7,17H,(H,18,19). The van der Waals surface area contributed by atoms with Crippen molar-refractivity contribution in [1.29, 1.82) is 0 Å². The quantitative estimate of drug-likeness (QED) is 0.740. The van der Waals surface area contributed by atoms with Gasteiger partial charge in [-0.25, -0.2) is 9.18 Å². The smallest absolute Gasteiger partial charge is 0.335 e. The minimum atomic E-state index is -1.04. The van der Waals surface area contributed by atoms with Crippen LogP contribution in [0.5, 0.6) is 0 Å². The number of hydrogen-bond donors (Lipinski definition) is 2. The third kappa shape index (κ3) is 1.85. The second-order valence-corrected chi connectivity index (χ2v) is 4.10. The first kappa shape index (κ1) is 11.4. The molecule has 0 atom stereocenters. The molecule has 4 nitrogen and oxygen atoms in total. The van der Waals surface area contributed by atoms with Crippen molar-refractivity contribution in [2.24, 2.45) is 0 Å². The molecule has 0 radical (unpaired) electrons. The first-order valence-electron chi connectivity index (χ1n) is 5.62. The van der Waals surface area contributed by atoms with E-state index in [-0.39, 0.29) is 11.4 Å². The van der Waals surface area contributed by atoms with Gasteiger partial charge in [-0.3, -0.25) is 4.98 Å². The van der Waals surface area contributed by atoms with E-state index in [4.69, 9.17) is 5.11 Å². The minimum absolute atomic E-state index is 0.121. The summed E-state index contributed by atoms with van der Waals surface area (Å²) >= 11 is 0. The molecule has 0 unspecified atom stereocenters. The second-order valence-electron chi connectivity index (χ2n) is 4.10. The molecule has 0 aliphatic carbocycles. The molecule has 2 N–H and O–H groups in total. The van der Waals surface area contributed by atoms with E-state index in [0.29, 0.717) is 22.2 Å². The number of nitrogens with zero attached hydrogens (tertiary/aromatic N) is 1. The Morgan fingerprint density at radius 3 is 2.95 bits per heavy atom. The molecule has 0 bridgehead atoms. The average Bonchev–Trinajstić information content (AvgIpc) is 2.84. The maximum absolute atomic E-state index is 13.9. The number of carboxylic acid groups (broad SMARTS) is 1. The number of pyridine rings is 1. The van der Waals surface area contributed by atoms with Crippen LogP contribution in [0.1, 0.15) is 10.4 Å². The van der Waals surface area contributed by atoms with Crippen molar-refractivity contribution < 1.29 is 14.3 Å². The number of aromatic carboxylic acids is 1. The van der Waals surface area contributed by atoms with Crippen LogP contribution in [0.2, 0.25) is 0 Å². The molecule has 0 amide bonds. The fraction of sp³-hybridized carbons (Fsp3) is 0. The summed E-state index contributed by atoms with van der Waals surface area (Å²) in [5, 5.41) is 9.38. The van der Waals surface area contributed by atoms with Crippen LogP contribution in [0.25, 0.3) is 22.2 Å². The number of fused-ring (bicyclic) bond motifs is 1. The maximum atomic E-state index is 13.9. The van der Waals surface area contributed by atoms with Crippen LogP contribution in [-0.4, -0.2) is 21.0 Å². The van der Waals surface area contributed by atoms with Gasteiger partial charge in [0.1, 0.15) is 5.82 Å². The summed E-state index contributed by atoms with van der Waals surface area (Å²) in [6.07, 6.45) is 3.03. The number of hydrogen-bond acceptors (Lipinski definition) is 2. The second kappa shape index (κ2) is 4.20. The van der Waals surface area contributed by atoms with Gasteiger partial charge in [-0.05, 0) is 24.3 Å². The normalized spacial score (nSPS) is 10.8. The first-order valence-corrected chi connectivity index (χ1v) is 5.62. The van der Waals surface area contributed by atoms with Crippen LogP contribution in [0, 0.1) is 5.82 Å². The Balaban J connectivity index is 2.25. The highest BCUT2D eigenvalue weighted by Gasteiger charge is 2.13. The van der Waals surface area contributed by atoms with Crippen molar-refractivity contribution in [2.45, 2.75) is 0 Å². The molecule has 0 aliphatic rings. The number of carbonyl (C=O) groups is 1. The van der Waals surface area contributed by atoms with Crippen molar-refractivity contribution in [3.63, 3.8) is 0 Å². The van der Waals surface area contributed by atoms with Gasteiger partial charge in [0.05, 0.1) is 11.3 Å². The van der Waals surface area contributed by atoms with Crippen LogP contribution in [0.4, 0.5) is 4.39 Å². The summed E-state index contributed by atoms with van der Waals surface area (Å²) in [6, 6.07) is 7.55. The number of H-pyrrole nitrogens is 1. The Hall–Kier alpha value is -2.69. The molecule has 5 heteroatoms. The van der Waals surface area contributed by atoms with Crippen LogP contribution < -0.4 is 0 Å². The van der Waals surface area contributed by atoms with Crippen molar-refractivity contribution in [3.05, 3.63) is 54.1 Å². The van der Waals surface area contributed by atoms with E-state index in [1.54, 1.807) is 18.3 Å². The Kier molecular flexibility index (Phi) is 2.52. The van der Waals surface area contributed by atoms with Gasteiger partial charge in [-0.15, -0.1) is 0 Å². The Morgan fingerprint density at radius 1 is 1.32 bits per heavy atom. The lowest BCUT2D eigenvalue weighted by Crippen LogP contribution is -1.97. The van der Waals surface area contributed by atoms with E-state index in [1.807, 2.05) is 0 Å². The van der Waals surface area contributed by atoms with Gasteiger partial charge in [0, 0.05) is 28.9 Å². The summed E-state index contributed by atoms with van der Waals surface area (Å²) < 4.78 is 13.9. The Morgan fingerprint density at radius 2 is 2.16 bits per heavy atom. The van der Waals surface area contributed by atoms with Gasteiger partial charge >= 0.3 is 5.97 Å². The van der Waals surface area contributed by atoms with Crippen LogP contribution >= 0.6 is 0 Å². The molecular formula is C14H9FN2O2. The number of aromatic nitrogens is 2. The molecule has 2 heterocycles. The lowest BCUT2D eigenvalue weighted by Gasteiger charge is -2.01. The molecule has 0 aliphatic heterocycles. The highest BCUT2D eigenvalue weighted by atomic mass is 19.1. The zero-order valence-electron chi connectivity index (χ0n) is 9.72. The average molecular weight is 256 g/mol. The summed E-state index contributed by atoms with van der Waals surface area (Å²) in [6.45, 7) is 0. The number of benzene rings is 1. The maximum Gasteiger partial charge on any atom is 0.335 e. The molecule has 0 fully saturated rings. The fourth-order valence-electron chi connectivity index (χ4n) is 2.05. The summed E-state index contributed by atoms with van der Waals surface area (Å²) in [5.74, 6) is -1.40. The third-order valence-electron chi connectivity index (χ3n) is 2.94. The van der Waals surface area contributed by atoms with Gasteiger partial charge in [-0.2, -0.15) is 0 Å². The van der Waals surface area contributed by atoms with Crippen LogP contribution in [-0.2, 0) is 0 Å². The number of nitrogens with one attached hydrogen (secondary N) is 1. The van der Waals surface area contributed by atoms with Crippen molar-refractivity contribution >= 4 is 16.9 Å². The highest BCUT2D eigenvalue weighted by Crippen LogP contribution is 2.29. The minimum Gasteiger partial charge on any atom is -0.478 e. The monoisotopic (exact) mass is 256 g/mol. The number of aromatic amines is 1. The SMILES string of the molecule is O=C(O)c1ccnc(-c2c[nH]c3cccc(F)c23)c1. The van der Waals surface area contributed by atoms with E-state index in [9.17, 15) is 9.18 Å². The van der Waals surface area contributed by atoms with E-state index in [1.165, 1.54) is 24.4 Å². The van der Waals surface area contributed by atoms with E-state index in [2.05, 4.69) is 9.97 Å². The molecular weight excluding hydrogens is 247 g/mol. The molecule has 3 rings (SSSR count). The number of carboxylic acids is 1. The van der Waals surface area contributed by atoms with Crippen molar-refractivity contribution in [3.8, 4) is 11.3 Å². The molecule has 94 valence electrons. The number of rotatable bonds is 2. The molecule has 0 saturated heterocycles. The Labute approximate surface area is 107 Å². The molecule has 1 aromatic carbocycles. The largest absolute Gasteiger partial charge is 0.478 e. The van der Waals surface area contributed by atoms with E-state index >= 15 is 0 Å². The van der Waals surface area contributed by atoms with Gasteiger partial charge in [0.25, 0.3) is 0 Å². The third-order valence-corrected chi connectivity index (χ3v) is 2.94. The lowest BCUT2D eigenvalue weighted by atomic mass is 10.1. The van der Waals surface area contributed by atoms with Gasteiger partial charge in [0.2, 0.25) is 0 Å².